The van der Waals surface area contributed by atoms with E-state index in [-0.39, 0.29) is 35.4 Å². The molecule has 0 radical (unpaired) electrons. The van der Waals surface area contributed by atoms with Crippen LogP contribution in [0.2, 0.25) is 0 Å². The highest BCUT2D eigenvalue weighted by molar-refractivity contribution is 5.77. The Hall–Kier alpha value is -0.870. The molecule has 4 rings (SSSR count). The second-order valence-corrected chi connectivity index (χ2v) is 11.6. The highest BCUT2D eigenvalue weighted by Crippen LogP contribution is 2.64. The van der Waals surface area contributed by atoms with E-state index in [4.69, 9.17) is 4.74 Å². The maximum Gasteiger partial charge on any atom is 0.315 e. The van der Waals surface area contributed by atoms with Gasteiger partial charge < -0.3 is 14.9 Å². The molecule has 4 heteroatoms. The molecule has 0 bridgehead atoms. The summed E-state index contributed by atoms with van der Waals surface area (Å²) in [6.07, 6.45) is 10.0. The minimum absolute atomic E-state index is 0.0891. The van der Waals surface area contributed by atoms with Crippen molar-refractivity contribution in [1.29, 1.82) is 0 Å². The maximum atomic E-state index is 13.0. The number of fused-ring (bicyclic) bond motifs is 4. The Bertz CT molecular complexity index is 699. The third-order valence-electron chi connectivity index (χ3n) is 9.75. The lowest BCUT2D eigenvalue weighted by molar-refractivity contribution is -0.159. The average molecular weight is 419 g/mol. The van der Waals surface area contributed by atoms with Gasteiger partial charge in [-0.25, -0.2) is 0 Å². The van der Waals surface area contributed by atoms with Gasteiger partial charge in [-0.3, -0.25) is 4.79 Å². The lowest BCUT2D eigenvalue weighted by Crippen LogP contribution is -2.50. The first-order valence-electron chi connectivity index (χ1n) is 12.4. The summed E-state index contributed by atoms with van der Waals surface area (Å²) in [7, 11) is 0. The number of carbonyl (C=O) groups excluding carboxylic acids is 1. The fourth-order valence-electron chi connectivity index (χ4n) is 7.68. The van der Waals surface area contributed by atoms with Crippen molar-refractivity contribution in [3.63, 3.8) is 0 Å². The monoisotopic (exact) mass is 418 g/mol. The predicted molar refractivity (Wildman–Crippen MR) is 117 cm³/mol. The number of esters is 1. The van der Waals surface area contributed by atoms with Crippen molar-refractivity contribution in [2.45, 2.75) is 98.0 Å². The summed E-state index contributed by atoms with van der Waals surface area (Å²) in [5, 5.41) is 19.4. The van der Waals surface area contributed by atoms with Crippen molar-refractivity contribution < 1.29 is 19.7 Å². The number of hydrogen-bond acceptors (Lipinski definition) is 4. The van der Waals surface area contributed by atoms with Crippen LogP contribution in [0.4, 0.5) is 0 Å². The summed E-state index contributed by atoms with van der Waals surface area (Å²) in [5.41, 5.74) is 1.51. The first kappa shape index (κ1) is 22.3. The molecule has 0 aromatic rings. The van der Waals surface area contributed by atoms with Crippen molar-refractivity contribution in [3.05, 3.63) is 11.3 Å². The van der Waals surface area contributed by atoms with Crippen molar-refractivity contribution in [3.8, 4) is 0 Å². The fraction of sp³-hybridized carbons (Fsp3) is 0.885. The number of aliphatic hydroxyl groups is 2. The van der Waals surface area contributed by atoms with Crippen LogP contribution in [0.25, 0.3) is 0 Å². The van der Waals surface area contributed by atoms with Crippen LogP contribution >= 0.6 is 0 Å². The fourth-order valence-corrected chi connectivity index (χ4v) is 7.68. The first-order chi connectivity index (χ1) is 14.2. The first-order valence-corrected chi connectivity index (χ1v) is 12.4. The summed E-state index contributed by atoms with van der Waals surface area (Å²) in [5.74, 6) is 2.89. The molecule has 0 amide bonds. The number of carbonyl (C=O) groups is 1. The molecule has 170 valence electrons. The van der Waals surface area contributed by atoms with E-state index < -0.39 is 0 Å². The van der Waals surface area contributed by atoms with Crippen LogP contribution in [0.5, 0.6) is 0 Å². The van der Waals surface area contributed by atoms with Gasteiger partial charge in [-0.2, -0.15) is 0 Å². The molecule has 8 atom stereocenters. The third-order valence-corrected chi connectivity index (χ3v) is 9.75. The minimum Gasteiger partial charge on any atom is -0.431 e. The van der Waals surface area contributed by atoms with Gasteiger partial charge in [-0.1, -0.05) is 40.5 Å². The van der Waals surface area contributed by atoms with E-state index in [0.29, 0.717) is 30.1 Å². The Balaban J connectivity index is 1.53. The molecular formula is C26H42O4. The summed E-state index contributed by atoms with van der Waals surface area (Å²) in [4.78, 5) is 13.0. The number of ether oxygens (including phenoxy) is 1. The molecule has 0 aromatic carbocycles. The van der Waals surface area contributed by atoms with Crippen LogP contribution in [0.15, 0.2) is 11.3 Å². The van der Waals surface area contributed by atoms with Crippen LogP contribution in [-0.2, 0) is 9.53 Å². The zero-order chi connectivity index (χ0) is 21.7. The molecule has 2 N–H and O–H groups in total. The Kier molecular flexibility index (Phi) is 6.13. The van der Waals surface area contributed by atoms with E-state index in [9.17, 15) is 15.0 Å². The van der Waals surface area contributed by atoms with Crippen molar-refractivity contribution in [2.24, 2.45) is 40.4 Å². The van der Waals surface area contributed by atoms with Crippen LogP contribution in [0, 0.1) is 40.4 Å². The molecule has 3 unspecified atom stereocenters. The van der Waals surface area contributed by atoms with Gasteiger partial charge in [0.25, 0.3) is 0 Å². The van der Waals surface area contributed by atoms with E-state index in [1.165, 1.54) is 31.3 Å². The van der Waals surface area contributed by atoms with E-state index in [1.54, 1.807) is 0 Å². The zero-order valence-corrected chi connectivity index (χ0v) is 19.5. The van der Waals surface area contributed by atoms with Gasteiger partial charge in [0.05, 0.1) is 12.0 Å². The Morgan fingerprint density at radius 3 is 2.60 bits per heavy atom. The molecule has 0 aromatic heterocycles. The van der Waals surface area contributed by atoms with Crippen LogP contribution in [-0.4, -0.2) is 28.9 Å². The average Bonchev–Trinajstić information content (AvgIpc) is 3.06. The Morgan fingerprint density at radius 2 is 1.87 bits per heavy atom. The predicted octanol–water partition coefficient (Wildman–Crippen LogP) is 5.23. The van der Waals surface area contributed by atoms with Gasteiger partial charge in [0.2, 0.25) is 0 Å². The van der Waals surface area contributed by atoms with Crippen molar-refractivity contribution in [1.82, 2.24) is 0 Å². The summed E-state index contributed by atoms with van der Waals surface area (Å²) in [6.45, 7) is 9.55. The van der Waals surface area contributed by atoms with Gasteiger partial charge in [-0.15, -0.1) is 0 Å². The molecule has 0 spiro atoms. The number of hydrogen-bond donors (Lipinski definition) is 2. The zero-order valence-electron chi connectivity index (χ0n) is 19.5. The molecule has 1 heterocycles. The minimum atomic E-state index is -0.364. The standard InChI is InChI=1S/C26H42O4/c1-16(15-27)6-5-7-17(2)19-8-9-20-23-21(11-13-25(19,20)3)26(4)12-10-18(28)14-22(26)24(29)30-23/h16-20,22,27-28H,5-15H2,1-4H3/t16?,17-,18?,19-,20+,22?,25-,26-/m1/s1. The van der Waals surface area contributed by atoms with E-state index in [1.807, 2.05) is 0 Å². The van der Waals surface area contributed by atoms with Crippen LogP contribution in [0.1, 0.15) is 91.9 Å². The Labute approximate surface area is 182 Å². The third kappa shape index (κ3) is 3.56. The number of aliphatic hydroxyl groups excluding tert-OH is 2. The van der Waals surface area contributed by atoms with Crippen molar-refractivity contribution in [2.75, 3.05) is 6.61 Å². The molecule has 1 aliphatic heterocycles. The summed E-state index contributed by atoms with van der Waals surface area (Å²) in [6, 6.07) is 0. The lowest BCUT2D eigenvalue weighted by Gasteiger charge is -2.53. The van der Waals surface area contributed by atoms with Gasteiger partial charge in [0.1, 0.15) is 5.76 Å². The topological polar surface area (TPSA) is 66.8 Å². The number of rotatable bonds is 6. The van der Waals surface area contributed by atoms with Gasteiger partial charge in [-0.05, 0) is 80.1 Å². The van der Waals surface area contributed by atoms with E-state index in [2.05, 4.69) is 27.7 Å². The van der Waals surface area contributed by atoms with Crippen LogP contribution in [0.3, 0.4) is 0 Å². The largest absolute Gasteiger partial charge is 0.431 e. The molecule has 2 saturated carbocycles. The summed E-state index contributed by atoms with van der Waals surface area (Å²) < 4.78 is 6.11. The second kappa shape index (κ2) is 8.24. The molecule has 30 heavy (non-hydrogen) atoms. The van der Waals surface area contributed by atoms with E-state index >= 15 is 0 Å². The number of allylic oxidation sites excluding steroid dienone is 2. The van der Waals surface area contributed by atoms with Crippen molar-refractivity contribution >= 4 is 5.97 Å². The van der Waals surface area contributed by atoms with Crippen LogP contribution < -0.4 is 0 Å². The van der Waals surface area contributed by atoms with Gasteiger partial charge in [0, 0.05) is 17.9 Å². The highest BCUT2D eigenvalue weighted by atomic mass is 16.5. The normalized spacial score (nSPS) is 42.8. The molecule has 2 fully saturated rings. The van der Waals surface area contributed by atoms with Gasteiger partial charge in [0.15, 0.2) is 0 Å². The molecule has 4 nitrogen and oxygen atoms in total. The highest BCUT2D eigenvalue weighted by Gasteiger charge is 2.59. The second-order valence-electron chi connectivity index (χ2n) is 11.6. The maximum absolute atomic E-state index is 13.0. The van der Waals surface area contributed by atoms with Gasteiger partial charge >= 0.3 is 5.97 Å². The molecule has 0 saturated heterocycles. The lowest BCUT2D eigenvalue weighted by atomic mass is 9.54. The quantitative estimate of drug-likeness (QED) is 0.580. The SMILES string of the molecule is CC(CO)CCC[C@@H](C)[C@H]1CC[C@H]2C3=C(CC[C@]12C)[C@@]1(C)CCC(O)CC1C(=O)O3. The smallest absolute Gasteiger partial charge is 0.315 e. The summed E-state index contributed by atoms with van der Waals surface area (Å²) >= 11 is 0. The molecule has 3 aliphatic carbocycles. The Morgan fingerprint density at radius 1 is 1.10 bits per heavy atom. The molecular weight excluding hydrogens is 376 g/mol. The molecule has 4 aliphatic rings. The van der Waals surface area contributed by atoms with E-state index in [0.717, 1.165) is 37.9 Å².